The lowest BCUT2D eigenvalue weighted by Crippen LogP contribution is -2.29. The molecule has 0 aliphatic heterocycles. The molecule has 65 heavy (non-hydrogen) atoms. The Morgan fingerprint density at radius 1 is 0.477 bits per heavy atom. The van der Waals surface area contributed by atoms with Gasteiger partial charge in [-0.25, -0.2) is 4.57 Å². The standard InChI is InChI=1S/C55H96NO8P/c1-3-5-7-9-11-13-15-17-19-20-21-22-23-24-25-26-27-28-29-30-31-32-34-35-37-39-41-43-45-47-54(57)61-51-53(52-63-65(59,60)62-50-49-56)64-55(58)48-46-44-42-40-38-36-33-18-16-14-12-10-8-6-4-2/h6,8,12,14-15,17-18,20-21,23-24,33,38,40,53H,3-5,7,9-11,13,16,19,22,25-32,34-37,39,41-52,56H2,1-2H3,(H,59,60)/b8-6-,14-12-,17-15-,21-20-,24-23-,33-18-,40-38-. The fourth-order valence-corrected chi connectivity index (χ4v) is 7.69. The smallest absolute Gasteiger partial charge is 0.462 e. The zero-order valence-electron chi connectivity index (χ0n) is 41.4. The van der Waals surface area contributed by atoms with Crippen molar-refractivity contribution in [3.8, 4) is 0 Å². The summed E-state index contributed by atoms with van der Waals surface area (Å²) in [6.07, 6.45) is 65.0. The van der Waals surface area contributed by atoms with Crippen LogP contribution in [0.15, 0.2) is 85.1 Å². The molecule has 9 nitrogen and oxygen atoms in total. The van der Waals surface area contributed by atoms with Crippen LogP contribution in [-0.4, -0.2) is 49.3 Å². The Morgan fingerprint density at radius 2 is 0.846 bits per heavy atom. The van der Waals surface area contributed by atoms with Crippen LogP contribution in [0.3, 0.4) is 0 Å². The fraction of sp³-hybridized carbons (Fsp3) is 0.709. The lowest BCUT2D eigenvalue weighted by molar-refractivity contribution is -0.161. The second-order valence-corrected chi connectivity index (χ2v) is 18.5. The molecule has 0 radical (unpaired) electrons. The van der Waals surface area contributed by atoms with Crippen molar-refractivity contribution < 1.29 is 37.6 Å². The number of hydrogen-bond donors (Lipinski definition) is 2. The van der Waals surface area contributed by atoms with Gasteiger partial charge in [0.2, 0.25) is 0 Å². The number of unbranched alkanes of at least 4 members (excludes halogenated alkanes) is 21. The maximum Gasteiger partial charge on any atom is 0.472 e. The van der Waals surface area contributed by atoms with Gasteiger partial charge in [-0.1, -0.05) is 202 Å². The Kier molecular flexibility index (Phi) is 48.4. The third kappa shape index (κ3) is 50.4. The zero-order chi connectivity index (χ0) is 47.4. The third-order valence-electron chi connectivity index (χ3n) is 10.8. The molecule has 2 atom stereocenters. The van der Waals surface area contributed by atoms with Crippen LogP contribution in [-0.2, 0) is 32.7 Å². The summed E-state index contributed by atoms with van der Waals surface area (Å²) in [6, 6.07) is 0. The van der Waals surface area contributed by atoms with Crippen molar-refractivity contribution in [2.75, 3.05) is 26.4 Å². The molecule has 0 amide bonds. The molecule has 0 rings (SSSR count). The van der Waals surface area contributed by atoms with E-state index in [1.54, 1.807) is 0 Å². The average Bonchev–Trinajstić information content (AvgIpc) is 3.30. The fourth-order valence-electron chi connectivity index (χ4n) is 6.93. The number of ether oxygens (including phenoxy) is 2. The number of phosphoric ester groups is 1. The Balaban J connectivity index is 4.00. The van der Waals surface area contributed by atoms with Crippen LogP contribution in [0.1, 0.15) is 219 Å². The van der Waals surface area contributed by atoms with E-state index in [1.807, 2.05) is 0 Å². The summed E-state index contributed by atoms with van der Waals surface area (Å²) in [5, 5.41) is 0. The second kappa shape index (κ2) is 50.6. The molecule has 2 unspecified atom stereocenters. The Morgan fingerprint density at radius 3 is 1.29 bits per heavy atom. The maximum atomic E-state index is 12.6. The molecular weight excluding hydrogens is 834 g/mol. The van der Waals surface area contributed by atoms with E-state index in [0.717, 1.165) is 70.6 Å². The van der Waals surface area contributed by atoms with Gasteiger partial charge in [0.05, 0.1) is 13.2 Å². The minimum atomic E-state index is -4.40. The van der Waals surface area contributed by atoms with Gasteiger partial charge < -0.3 is 20.1 Å². The molecule has 0 aromatic carbocycles. The van der Waals surface area contributed by atoms with Gasteiger partial charge in [-0.15, -0.1) is 0 Å². The SMILES string of the molecule is CC/C=C\C/C=C\C/C=C\C/C=C\CCCCC(=O)OC(COC(=O)CCCCCCCCCCCCCCCC/C=C\C/C=C\C/C=C\CCCCCCC)COP(=O)(O)OCCN. The van der Waals surface area contributed by atoms with Crippen LogP contribution in [0, 0.1) is 0 Å². The Labute approximate surface area is 398 Å². The Hall–Kier alpha value is -2.81. The van der Waals surface area contributed by atoms with E-state index in [2.05, 4.69) is 98.9 Å². The summed E-state index contributed by atoms with van der Waals surface area (Å²) in [4.78, 5) is 35.0. The first kappa shape index (κ1) is 62.2. The molecule has 10 heteroatoms. The number of hydrogen-bond acceptors (Lipinski definition) is 8. The molecule has 3 N–H and O–H groups in total. The lowest BCUT2D eigenvalue weighted by Gasteiger charge is -2.19. The number of carbonyl (C=O) groups excluding carboxylic acids is 2. The van der Waals surface area contributed by atoms with Gasteiger partial charge in [0.15, 0.2) is 6.10 Å². The molecule has 0 spiro atoms. The van der Waals surface area contributed by atoms with Gasteiger partial charge in [-0.2, -0.15) is 0 Å². The highest BCUT2D eigenvalue weighted by Gasteiger charge is 2.26. The van der Waals surface area contributed by atoms with Gasteiger partial charge >= 0.3 is 19.8 Å². The third-order valence-corrected chi connectivity index (χ3v) is 11.7. The first-order valence-corrected chi connectivity index (χ1v) is 27.6. The maximum absolute atomic E-state index is 12.6. The van der Waals surface area contributed by atoms with Crippen molar-refractivity contribution >= 4 is 19.8 Å². The van der Waals surface area contributed by atoms with E-state index in [0.29, 0.717) is 6.42 Å². The van der Waals surface area contributed by atoms with Crippen LogP contribution in [0.25, 0.3) is 0 Å². The molecule has 374 valence electrons. The molecule has 0 fully saturated rings. The number of phosphoric acid groups is 1. The minimum Gasteiger partial charge on any atom is -0.462 e. The summed E-state index contributed by atoms with van der Waals surface area (Å²) in [5.41, 5.74) is 5.36. The molecule has 0 bridgehead atoms. The second-order valence-electron chi connectivity index (χ2n) is 17.0. The van der Waals surface area contributed by atoms with E-state index in [-0.39, 0.29) is 32.6 Å². The predicted molar refractivity (Wildman–Crippen MR) is 275 cm³/mol. The van der Waals surface area contributed by atoms with Crippen LogP contribution < -0.4 is 5.73 Å². The van der Waals surface area contributed by atoms with Crippen molar-refractivity contribution in [1.82, 2.24) is 0 Å². The van der Waals surface area contributed by atoms with E-state index < -0.39 is 32.5 Å². The lowest BCUT2D eigenvalue weighted by atomic mass is 10.0. The van der Waals surface area contributed by atoms with Crippen LogP contribution in [0.2, 0.25) is 0 Å². The van der Waals surface area contributed by atoms with E-state index in [4.69, 9.17) is 24.3 Å². The van der Waals surface area contributed by atoms with Crippen molar-refractivity contribution in [3.63, 3.8) is 0 Å². The largest absolute Gasteiger partial charge is 0.472 e. The Bertz CT molecular complexity index is 1340. The van der Waals surface area contributed by atoms with Crippen LogP contribution in [0.5, 0.6) is 0 Å². The van der Waals surface area contributed by atoms with Crippen LogP contribution in [0.4, 0.5) is 0 Å². The molecule has 0 aliphatic carbocycles. The molecule has 0 aromatic rings. The minimum absolute atomic E-state index is 0.0429. The zero-order valence-corrected chi connectivity index (χ0v) is 42.3. The monoisotopic (exact) mass is 930 g/mol. The highest BCUT2D eigenvalue weighted by Crippen LogP contribution is 2.43. The molecule has 0 aromatic heterocycles. The van der Waals surface area contributed by atoms with Crippen molar-refractivity contribution in [1.29, 1.82) is 0 Å². The first-order valence-electron chi connectivity index (χ1n) is 26.1. The molecular formula is C55H96NO8P. The van der Waals surface area contributed by atoms with E-state index in [9.17, 15) is 19.0 Å². The van der Waals surface area contributed by atoms with Crippen molar-refractivity contribution in [2.45, 2.75) is 225 Å². The topological polar surface area (TPSA) is 134 Å². The number of nitrogens with two attached hydrogens (primary N) is 1. The van der Waals surface area contributed by atoms with Gasteiger partial charge in [0, 0.05) is 19.4 Å². The predicted octanol–water partition coefficient (Wildman–Crippen LogP) is 16.0. The molecule has 0 heterocycles. The summed E-state index contributed by atoms with van der Waals surface area (Å²) in [7, 11) is -4.40. The van der Waals surface area contributed by atoms with Gasteiger partial charge in [0.1, 0.15) is 6.61 Å². The molecule has 0 aliphatic rings. The van der Waals surface area contributed by atoms with Gasteiger partial charge in [0.25, 0.3) is 0 Å². The number of esters is 2. The van der Waals surface area contributed by atoms with E-state index in [1.165, 1.54) is 116 Å². The molecule has 0 saturated heterocycles. The quantitative estimate of drug-likeness (QED) is 0.0265. The van der Waals surface area contributed by atoms with Crippen molar-refractivity contribution in [3.05, 3.63) is 85.1 Å². The normalized spacial score (nSPS) is 13.8. The number of carbonyl (C=O) groups is 2. The number of rotatable bonds is 48. The summed E-state index contributed by atoms with van der Waals surface area (Å²) < 4.78 is 32.8. The summed E-state index contributed by atoms with van der Waals surface area (Å²) >= 11 is 0. The van der Waals surface area contributed by atoms with Crippen LogP contribution >= 0.6 is 7.82 Å². The van der Waals surface area contributed by atoms with Crippen molar-refractivity contribution in [2.24, 2.45) is 5.73 Å². The van der Waals surface area contributed by atoms with E-state index >= 15 is 0 Å². The molecule has 0 saturated carbocycles. The highest BCUT2D eigenvalue weighted by atomic mass is 31.2. The summed E-state index contributed by atoms with van der Waals surface area (Å²) in [5.74, 6) is -0.880. The highest BCUT2D eigenvalue weighted by molar-refractivity contribution is 7.47. The van der Waals surface area contributed by atoms with Gasteiger partial charge in [-0.05, 0) is 89.9 Å². The summed E-state index contributed by atoms with van der Waals surface area (Å²) in [6.45, 7) is 3.56. The first-order chi connectivity index (χ1) is 31.8. The number of allylic oxidation sites excluding steroid dienone is 14. The average molecular weight is 930 g/mol. The van der Waals surface area contributed by atoms with Gasteiger partial charge in [-0.3, -0.25) is 18.6 Å².